The maximum absolute atomic E-state index is 9.43. The van der Waals surface area contributed by atoms with E-state index in [-0.39, 0.29) is 10.6 Å². The van der Waals surface area contributed by atoms with Gasteiger partial charge in [-0.25, -0.2) is 0 Å². The van der Waals surface area contributed by atoms with Crippen molar-refractivity contribution in [3.8, 4) is 5.75 Å². The maximum Gasteiger partial charge on any atom is 0.144 e. The van der Waals surface area contributed by atoms with E-state index in [1.807, 2.05) is 18.2 Å². The smallest absolute Gasteiger partial charge is 0.144 e. The van der Waals surface area contributed by atoms with E-state index in [4.69, 9.17) is 4.42 Å². The lowest BCUT2D eigenvalue weighted by Crippen LogP contribution is -2.22. The van der Waals surface area contributed by atoms with Crippen molar-refractivity contribution in [2.45, 2.75) is 16.7 Å². The molecule has 1 aromatic heterocycles. The molecule has 82 valence electrons. The number of fused-ring (bicyclic) bond motifs is 1. The molecule has 0 amide bonds. The Hall–Kier alpha value is -1.55. The molecule has 0 radical (unpaired) electrons. The minimum Gasteiger partial charge on any atom is -0.508 e. The summed E-state index contributed by atoms with van der Waals surface area (Å²) in [5.41, 5.74) is 1.03. The predicted molar refractivity (Wildman–Crippen MR) is 63.6 cm³/mol. The topological polar surface area (TPSA) is 45.4 Å². The molecule has 4 heteroatoms. The highest BCUT2D eigenvalue weighted by atomic mass is 32.2. The zero-order valence-corrected chi connectivity index (χ0v) is 9.54. The van der Waals surface area contributed by atoms with Crippen LogP contribution in [0.3, 0.4) is 0 Å². The Kier molecular flexibility index (Phi) is 1.94. The lowest BCUT2D eigenvalue weighted by atomic mass is 10.2. The van der Waals surface area contributed by atoms with Gasteiger partial charge in [0.2, 0.25) is 0 Å². The summed E-state index contributed by atoms with van der Waals surface area (Å²) >= 11 is 1.65. The highest BCUT2D eigenvalue weighted by Crippen LogP contribution is 2.51. The minimum absolute atomic E-state index is 0.289. The number of thioether (sulfide) groups is 1. The van der Waals surface area contributed by atoms with Gasteiger partial charge in [0, 0.05) is 10.6 Å². The summed E-state index contributed by atoms with van der Waals surface area (Å²) in [5, 5.41) is 12.8. The highest BCUT2D eigenvalue weighted by Gasteiger charge is 2.37. The van der Waals surface area contributed by atoms with Gasteiger partial charge >= 0.3 is 0 Å². The molecule has 1 atom stereocenters. The molecule has 3 nitrogen and oxygen atoms in total. The summed E-state index contributed by atoms with van der Waals surface area (Å²) < 4.78 is 5.44. The van der Waals surface area contributed by atoms with Gasteiger partial charge in [-0.3, -0.25) is 0 Å². The van der Waals surface area contributed by atoms with Gasteiger partial charge in [0.05, 0.1) is 6.26 Å². The first kappa shape index (κ1) is 9.66. The molecule has 16 heavy (non-hydrogen) atoms. The zero-order valence-electron chi connectivity index (χ0n) is 8.73. The second-order valence-electron chi connectivity index (χ2n) is 3.92. The average Bonchev–Trinajstić information content (AvgIpc) is 2.83. The molecule has 0 saturated heterocycles. The van der Waals surface area contributed by atoms with Crippen molar-refractivity contribution in [3.05, 3.63) is 42.4 Å². The summed E-state index contributed by atoms with van der Waals surface area (Å²) in [5.74, 6) is 1.17. The maximum atomic E-state index is 9.43. The van der Waals surface area contributed by atoms with Crippen molar-refractivity contribution in [2.24, 2.45) is 0 Å². The second kappa shape index (κ2) is 3.22. The molecule has 1 aliphatic heterocycles. The number of aromatic hydroxyl groups is 1. The SMILES string of the molecule is CC1(c2ccco2)Nc2ccc(O)cc2S1. The van der Waals surface area contributed by atoms with E-state index >= 15 is 0 Å². The van der Waals surface area contributed by atoms with Gasteiger partial charge in [0.15, 0.2) is 0 Å². The van der Waals surface area contributed by atoms with Crippen LogP contribution in [0.5, 0.6) is 5.75 Å². The summed E-state index contributed by atoms with van der Waals surface area (Å²) in [6, 6.07) is 9.16. The number of phenols is 1. The van der Waals surface area contributed by atoms with E-state index in [0.29, 0.717) is 0 Å². The van der Waals surface area contributed by atoms with Gasteiger partial charge in [-0.15, -0.1) is 0 Å². The van der Waals surface area contributed by atoms with E-state index in [1.54, 1.807) is 30.2 Å². The van der Waals surface area contributed by atoms with Crippen LogP contribution in [0.15, 0.2) is 45.9 Å². The number of anilines is 1. The third kappa shape index (κ3) is 1.38. The Labute approximate surface area is 97.5 Å². The van der Waals surface area contributed by atoms with Crippen LogP contribution in [0.1, 0.15) is 12.7 Å². The van der Waals surface area contributed by atoms with Crippen molar-refractivity contribution in [1.82, 2.24) is 0 Å². The molecule has 0 spiro atoms. The van der Waals surface area contributed by atoms with Crippen molar-refractivity contribution in [3.63, 3.8) is 0 Å². The number of hydrogen-bond acceptors (Lipinski definition) is 4. The van der Waals surface area contributed by atoms with Gasteiger partial charge < -0.3 is 14.8 Å². The molecule has 0 fully saturated rings. The molecule has 2 N–H and O–H groups in total. The van der Waals surface area contributed by atoms with Gasteiger partial charge in [0.25, 0.3) is 0 Å². The molecule has 3 rings (SSSR count). The third-order valence-corrected chi connectivity index (χ3v) is 3.91. The molecular formula is C12H11NO2S. The average molecular weight is 233 g/mol. The molecule has 2 heterocycles. The number of furan rings is 1. The Morgan fingerprint density at radius 1 is 1.38 bits per heavy atom. The number of hydrogen-bond donors (Lipinski definition) is 2. The molecule has 2 aromatic rings. The van der Waals surface area contributed by atoms with Crippen LogP contribution in [-0.2, 0) is 4.87 Å². The number of rotatable bonds is 1. The fourth-order valence-corrected chi connectivity index (χ4v) is 3.09. The number of nitrogens with one attached hydrogen (secondary N) is 1. The van der Waals surface area contributed by atoms with Crippen LogP contribution in [-0.4, -0.2) is 5.11 Å². The Morgan fingerprint density at radius 2 is 2.25 bits per heavy atom. The van der Waals surface area contributed by atoms with Gasteiger partial charge in [-0.1, -0.05) is 11.8 Å². The first-order valence-corrected chi connectivity index (χ1v) is 5.83. The van der Waals surface area contributed by atoms with Crippen molar-refractivity contribution < 1.29 is 9.52 Å². The lowest BCUT2D eigenvalue weighted by molar-refractivity contribution is 0.474. The fraction of sp³-hybridized carbons (Fsp3) is 0.167. The summed E-state index contributed by atoms with van der Waals surface area (Å²) in [4.78, 5) is 0.749. The first-order chi connectivity index (χ1) is 7.67. The van der Waals surface area contributed by atoms with E-state index in [2.05, 4.69) is 12.2 Å². The number of phenolic OH excluding ortho intramolecular Hbond substituents is 1. The molecule has 1 unspecified atom stereocenters. The highest BCUT2D eigenvalue weighted by molar-refractivity contribution is 8.00. The fourth-order valence-electron chi connectivity index (χ4n) is 1.86. The van der Waals surface area contributed by atoms with Gasteiger partial charge in [-0.05, 0) is 37.3 Å². The van der Waals surface area contributed by atoms with Crippen LogP contribution < -0.4 is 5.32 Å². The lowest BCUT2D eigenvalue weighted by Gasteiger charge is -2.20. The second-order valence-corrected chi connectivity index (χ2v) is 5.38. The molecule has 0 saturated carbocycles. The van der Waals surface area contributed by atoms with E-state index in [1.165, 1.54) is 0 Å². The van der Waals surface area contributed by atoms with Crippen LogP contribution in [0.4, 0.5) is 5.69 Å². The van der Waals surface area contributed by atoms with Gasteiger partial charge in [0.1, 0.15) is 16.4 Å². The third-order valence-electron chi connectivity index (χ3n) is 2.64. The zero-order chi connectivity index (χ0) is 11.2. The van der Waals surface area contributed by atoms with E-state index < -0.39 is 0 Å². The molecule has 0 bridgehead atoms. The molecule has 1 aromatic carbocycles. The standard InChI is InChI=1S/C12H11NO2S/c1-12(11-3-2-6-15-11)13-9-5-4-8(14)7-10(9)16-12/h2-7,13-14H,1H3. The summed E-state index contributed by atoms with van der Waals surface area (Å²) in [6.07, 6.45) is 1.67. The van der Waals surface area contributed by atoms with Crippen molar-refractivity contribution >= 4 is 17.4 Å². The molecule has 1 aliphatic rings. The Bertz CT molecular complexity index is 524. The number of benzene rings is 1. The monoisotopic (exact) mass is 233 g/mol. The largest absolute Gasteiger partial charge is 0.508 e. The van der Waals surface area contributed by atoms with Gasteiger partial charge in [-0.2, -0.15) is 0 Å². The normalized spacial score (nSPS) is 22.8. The molecule has 0 aliphatic carbocycles. The quantitative estimate of drug-likeness (QED) is 0.741. The van der Waals surface area contributed by atoms with Crippen LogP contribution in [0, 0.1) is 0 Å². The van der Waals surface area contributed by atoms with Crippen LogP contribution >= 0.6 is 11.8 Å². The molecular weight excluding hydrogens is 222 g/mol. The van der Waals surface area contributed by atoms with Crippen LogP contribution in [0.25, 0.3) is 0 Å². The minimum atomic E-state index is -0.292. The summed E-state index contributed by atoms with van der Waals surface area (Å²) in [6.45, 7) is 2.06. The van der Waals surface area contributed by atoms with Crippen molar-refractivity contribution in [2.75, 3.05) is 5.32 Å². The van der Waals surface area contributed by atoms with Crippen LogP contribution in [0.2, 0.25) is 0 Å². The van der Waals surface area contributed by atoms with Crippen molar-refractivity contribution in [1.29, 1.82) is 0 Å². The predicted octanol–water partition coefficient (Wildman–Crippen LogP) is 3.38. The Morgan fingerprint density at radius 3 is 3.00 bits per heavy atom. The summed E-state index contributed by atoms with van der Waals surface area (Å²) in [7, 11) is 0. The first-order valence-electron chi connectivity index (χ1n) is 5.02. The Balaban J connectivity index is 2.01. The van der Waals surface area contributed by atoms with E-state index in [0.717, 1.165) is 16.3 Å². The van der Waals surface area contributed by atoms with E-state index in [9.17, 15) is 5.11 Å².